The number of tetrazole rings is 1. The van der Waals surface area contributed by atoms with E-state index in [0.717, 1.165) is 95.9 Å². The van der Waals surface area contributed by atoms with Crippen molar-refractivity contribution in [3.05, 3.63) is 41.7 Å². The number of unbranched alkanes of at least 4 members (excludes halogenated alkanes) is 3. The van der Waals surface area contributed by atoms with Crippen molar-refractivity contribution < 1.29 is 14.3 Å². The Bertz CT molecular complexity index is 824. The highest BCUT2D eigenvalue weighted by Crippen LogP contribution is 2.39. The van der Waals surface area contributed by atoms with Gasteiger partial charge in [0.05, 0.1) is 6.10 Å². The van der Waals surface area contributed by atoms with Crippen LogP contribution in [-0.4, -0.2) is 45.4 Å². The SMILES string of the molecule is O=C1CC[C@@H](C(CCCc2ccccc2)OC2CCCCO2)[C@@H]1CCCCCCc1nn[nH]n1. The summed E-state index contributed by atoms with van der Waals surface area (Å²) in [6.07, 6.45) is 14.3. The summed E-state index contributed by atoms with van der Waals surface area (Å²) < 4.78 is 12.5. The topological polar surface area (TPSA) is 90.0 Å². The van der Waals surface area contributed by atoms with Gasteiger partial charge >= 0.3 is 0 Å². The van der Waals surface area contributed by atoms with E-state index in [1.807, 2.05) is 0 Å². The fraction of sp³-hybridized carbons (Fsp3) is 0.704. The Morgan fingerprint density at radius 1 is 1.03 bits per heavy atom. The summed E-state index contributed by atoms with van der Waals surface area (Å²) in [5.74, 6) is 1.69. The zero-order valence-electron chi connectivity index (χ0n) is 20.4. The Morgan fingerprint density at radius 2 is 1.91 bits per heavy atom. The van der Waals surface area contributed by atoms with E-state index in [9.17, 15) is 4.79 Å². The van der Waals surface area contributed by atoms with Crippen LogP contribution in [0.15, 0.2) is 30.3 Å². The molecule has 0 bridgehead atoms. The quantitative estimate of drug-likeness (QED) is 0.382. The van der Waals surface area contributed by atoms with Gasteiger partial charge in [0, 0.05) is 25.4 Å². The highest BCUT2D eigenvalue weighted by atomic mass is 16.7. The van der Waals surface area contributed by atoms with Crippen LogP contribution in [0.2, 0.25) is 0 Å². The van der Waals surface area contributed by atoms with Crippen molar-refractivity contribution in [2.24, 2.45) is 11.8 Å². The van der Waals surface area contributed by atoms with Crippen molar-refractivity contribution in [1.82, 2.24) is 20.6 Å². The third-order valence-corrected chi connectivity index (χ3v) is 7.45. The first kappa shape index (κ1) is 25.0. The molecule has 7 nitrogen and oxygen atoms in total. The van der Waals surface area contributed by atoms with Gasteiger partial charge in [-0.3, -0.25) is 4.79 Å². The maximum absolute atomic E-state index is 12.8. The van der Waals surface area contributed by atoms with Crippen molar-refractivity contribution >= 4 is 5.78 Å². The van der Waals surface area contributed by atoms with Gasteiger partial charge in [-0.05, 0) is 69.3 Å². The summed E-state index contributed by atoms with van der Waals surface area (Å²) in [5, 5.41) is 14.1. The molecule has 0 radical (unpaired) electrons. The molecule has 4 atom stereocenters. The van der Waals surface area contributed by atoms with E-state index < -0.39 is 0 Å². The summed E-state index contributed by atoms with van der Waals surface area (Å²) in [4.78, 5) is 12.8. The second kappa shape index (κ2) is 13.7. The smallest absolute Gasteiger partial charge is 0.174 e. The summed E-state index contributed by atoms with van der Waals surface area (Å²) in [5.41, 5.74) is 1.37. The average Bonchev–Trinajstić information content (AvgIpc) is 3.52. The van der Waals surface area contributed by atoms with E-state index in [-0.39, 0.29) is 18.3 Å². The zero-order chi connectivity index (χ0) is 23.4. The van der Waals surface area contributed by atoms with E-state index in [1.54, 1.807) is 0 Å². The lowest BCUT2D eigenvalue weighted by Crippen LogP contribution is -2.35. The van der Waals surface area contributed by atoms with Gasteiger partial charge in [-0.25, -0.2) is 0 Å². The minimum Gasteiger partial charge on any atom is -0.353 e. The molecular formula is C27H40N4O3. The fourth-order valence-corrected chi connectivity index (χ4v) is 5.59. The lowest BCUT2D eigenvalue weighted by atomic mass is 9.84. The number of hydrogen-bond donors (Lipinski definition) is 1. The molecule has 2 aliphatic rings. The Kier molecular flexibility index (Phi) is 10.1. The Morgan fingerprint density at radius 3 is 2.71 bits per heavy atom. The van der Waals surface area contributed by atoms with Gasteiger partial charge < -0.3 is 9.47 Å². The first-order chi connectivity index (χ1) is 16.8. The number of ketones is 1. The van der Waals surface area contributed by atoms with Crippen LogP contribution in [0.4, 0.5) is 0 Å². The molecule has 1 aromatic carbocycles. The van der Waals surface area contributed by atoms with Crippen LogP contribution in [-0.2, 0) is 27.1 Å². The van der Waals surface area contributed by atoms with Gasteiger partial charge in [0.15, 0.2) is 12.1 Å². The number of hydrogen-bond acceptors (Lipinski definition) is 6. The Balaban J connectivity index is 1.27. The number of carbonyl (C=O) groups excluding carboxylic acids is 1. The summed E-state index contributed by atoms with van der Waals surface area (Å²) >= 11 is 0. The predicted octanol–water partition coefficient (Wildman–Crippen LogP) is 5.22. The predicted molar refractivity (Wildman–Crippen MR) is 130 cm³/mol. The van der Waals surface area contributed by atoms with E-state index >= 15 is 0 Å². The Labute approximate surface area is 203 Å². The van der Waals surface area contributed by atoms with E-state index in [1.165, 1.54) is 5.56 Å². The minimum atomic E-state index is -0.100. The molecule has 1 aliphatic carbocycles. The molecule has 0 amide bonds. The monoisotopic (exact) mass is 468 g/mol. The highest BCUT2D eigenvalue weighted by molar-refractivity contribution is 5.83. The van der Waals surface area contributed by atoms with Gasteiger partial charge in [0.1, 0.15) is 5.78 Å². The number of nitrogens with zero attached hydrogens (tertiary/aromatic N) is 3. The van der Waals surface area contributed by atoms with Crippen LogP contribution in [0.5, 0.6) is 0 Å². The van der Waals surface area contributed by atoms with Crippen LogP contribution in [0.3, 0.4) is 0 Å². The van der Waals surface area contributed by atoms with Crippen molar-refractivity contribution in [2.75, 3.05) is 6.61 Å². The maximum Gasteiger partial charge on any atom is 0.174 e. The number of carbonyl (C=O) groups is 1. The number of Topliss-reactive ketones (excluding diaryl/α,β-unsaturated/α-hetero) is 1. The van der Waals surface area contributed by atoms with E-state index in [0.29, 0.717) is 18.1 Å². The van der Waals surface area contributed by atoms with Gasteiger partial charge in [-0.1, -0.05) is 54.8 Å². The molecule has 34 heavy (non-hydrogen) atoms. The van der Waals surface area contributed by atoms with Crippen molar-refractivity contribution in [2.45, 2.75) is 102 Å². The molecule has 1 saturated heterocycles. The second-order valence-corrected chi connectivity index (χ2v) is 9.90. The number of aromatic amines is 1. The summed E-state index contributed by atoms with van der Waals surface area (Å²) in [6, 6.07) is 10.7. The van der Waals surface area contributed by atoms with Crippen molar-refractivity contribution in [3.8, 4) is 0 Å². The molecule has 2 fully saturated rings. The third kappa shape index (κ3) is 7.70. The fourth-order valence-electron chi connectivity index (χ4n) is 5.59. The normalized spacial score (nSPS) is 23.9. The molecule has 4 rings (SSSR count). The molecule has 2 aromatic rings. The summed E-state index contributed by atoms with van der Waals surface area (Å²) in [6.45, 7) is 0.790. The van der Waals surface area contributed by atoms with Gasteiger partial charge in [0.25, 0.3) is 0 Å². The number of benzene rings is 1. The lowest BCUT2D eigenvalue weighted by molar-refractivity contribution is -0.202. The zero-order valence-corrected chi connectivity index (χ0v) is 20.4. The lowest BCUT2D eigenvalue weighted by Gasteiger charge is -2.33. The molecular weight excluding hydrogens is 428 g/mol. The number of ether oxygens (including phenoxy) is 2. The van der Waals surface area contributed by atoms with Gasteiger partial charge in [-0.15, -0.1) is 10.2 Å². The number of nitrogens with one attached hydrogen (secondary N) is 1. The molecule has 0 spiro atoms. The van der Waals surface area contributed by atoms with E-state index in [2.05, 4.69) is 51.0 Å². The molecule has 1 saturated carbocycles. The molecule has 186 valence electrons. The highest BCUT2D eigenvalue weighted by Gasteiger charge is 2.40. The van der Waals surface area contributed by atoms with Crippen LogP contribution < -0.4 is 0 Å². The number of aryl methyl sites for hydroxylation is 2. The molecule has 2 unspecified atom stereocenters. The van der Waals surface area contributed by atoms with Crippen LogP contribution in [0.1, 0.15) is 88.4 Å². The molecule has 7 heteroatoms. The number of H-pyrrole nitrogens is 1. The van der Waals surface area contributed by atoms with Crippen LogP contribution in [0, 0.1) is 11.8 Å². The third-order valence-electron chi connectivity index (χ3n) is 7.45. The van der Waals surface area contributed by atoms with Gasteiger partial charge in [-0.2, -0.15) is 5.21 Å². The van der Waals surface area contributed by atoms with Crippen LogP contribution >= 0.6 is 0 Å². The molecule has 2 heterocycles. The molecule has 1 N–H and O–H groups in total. The molecule has 1 aromatic heterocycles. The van der Waals surface area contributed by atoms with Crippen LogP contribution in [0.25, 0.3) is 0 Å². The minimum absolute atomic E-state index is 0.100. The largest absolute Gasteiger partial charge is 0.353 e. The number of rotatable bonds is 14. The second-order valence-electron chi connectivity index (χ2n) is 9.90. The first-order valence-electron chi connectivity index (χ1n) is 13.4. The standard InChI is InChI=1S/C27H40N4O3/c32-24-19-18-23(22(24)14-6-1-2-7-16-26-28-30-31-29-26)25(34-27-17-8-9-20-33-27)15-10-13-21-11-4-3-5-12-21/h3-5,11-12,22-23,25,27H,1-2,6-10,13-20H2,(H,28,29,30,31)/t22-,23+,25?,27?/m0/s1. The number of aromatic nitrogens is 4. The average molecular weight is 469 g/mol. The summed E-state index contributed by atoms with van der Waals surface area (Å²) in [7, 11) is 0. The van der Waals surface area contributed by atoms with Crippen molar-refractivity contribution in [3.63, 3.8) is 0 Å². The van der Waals surface area contributed by atoms with Crippen molar-refractivity contribution in [1.29, 1.82) is 0 Å². The first-order valence-corrected chi connectivity index (χ1v) is 13.4. The Hall–Kier alpha value is -2.12. The maximum atomic E-state index is 12.8. The molecule has 1 aliphatic heterocycles. The van der Waals surface area contributed by atoms with Gasteiger partial charge in [0.2, 0.25) is 0 Å². The van der Waals surface area contributed by atoms with E-state index in [4.69, 9.17) is 9.47 Å².